The molecule has 0 saturated carbocycles. The van der Waals surface area contributed by atoms with Crippen LogP contribution in [0.1, 0.15) is 25.3 Å². The lowest BCUT2D eigenvalue weighted by molar-refractivity contribution is -0.121. The predicted octanol–water partition coefficient (Wildman–Crippen LogP) is 5.09. The molecule has 1 aliphatic heterocycles. The van der Waals surface area contributed by atoms with Crippen molar-refractivity contribution in [3.05, 3.63) is 72.3 Å². The molecule has 1 amide bonds. The average molecular weight is 389 g/mol. The Kier molecular flexibility index (Phi) is 6.11. The molecule has 0 atom stereocenters. The fourth-order valence-corrected chi connectivity index (χ4v) is 4.11. The molecule has 1 N–H and O–H groups in total. The van der Waals surface area contributed by atoms with Gasteiger partial charge in [-0.3, -0.25) is 9.69 Å². The third-order valence-electron chi connectivity index (χ3n) is 5.68. The first-order valence-electron chi connectivity index (χ1n) is 10.5. The Morgan fingerprint density at radius 1 is 1.00 bits per heavy atom. The first-order valence-corrected chi connectivity index (χ1v) is 10.5. The lowest BCUT2D eigenvalue weighted by atomic mass is 9.95. The maximum absolute atomic E-state index is 12.8. The Hall–Kier alpha value is -2.85. The number of ether oxygens (including phenoxy) is 1. The van der Waals surface area contributed by atoms with E-state index in [2.05, 4.69) is 52.7 Å². The molecule has 4 nitrogen and oxygen atoms in total. The summed E-state index contributed by atoms with van der Waals surface area (Å²) in [7, 11) is 0. The molecule has 1 fully saturated rings. The first-order chi connectivity index (χ1) is 14.2. The van der Waals surface area contributed by atoms with E-state index in [1.165, 1.54) is 16.3 Å². The van der Waals surface area contributed by atoms with Crippen molar-refractivity contribution in [2.45, 2.75) is 26.3 Å². The molecule has 3 aromatic rings. The number of anilines is 1. The van der Waals surface area contributed by atoms with Gasteiger partial charge in [-0.05, 0) is 61.3 Å². The average Bonchev–Trinajstić information content (AvgIpc) is 2.76. The van der Waals surface area contributed by atoms with Gasteiger partial charge in [-0.2, -0.15) is 0 Å². The molecular formula is C25H28N2O2. The van der Waals surface area contributed by atoms with Crippen LogP contribution in [0.3, 0.4) is 0 Å². The van der Waals surface area contributed by atoms with Crippen molar-refractivity contribution in [1.82, 2.24) is 4.90 Å². The number of hydrogen-bond acceptors (Lipinski definition) is 3. The van der Waals surface area contributed by atoms with Crippen molar-refractivity contribution < 1.29 is 9.53 Å². The summed E-state index contributed by atoms with van der Waals surface area (Å²) >= 11 is 0. The maximum atomic E-state index is 12.8. The molecule has 0 radical (unpaired) electrons. The van der Waals surface area contributed by atoms with Crippen LogP contribution in [0.15, 0.2) is 66.7 Å². The van der Waals surface area contributed by atoms with E-state index in [4.69, 9.17) is 4.74 Å². The third kappa shape index (κ3) is 4.60. The van der Waals surface area contributed by atoms with Crippen LogP contribution in [-0.2, 0) is 11.3 Å². The zero-order valence-corrected chi connectivity index (χ0v) is 16.9. The van der Waals surface area contributed by atoms with E-state index in [-0.39, 0.29) is 11.8 Å². The third-order valence-corrected chi connectivity index (χ3v) is 5.68. The standard InChI is InChI=1S/C25H28N2O2/c1-2-29-24-13-6-5-12-23(24)26-25(28)20-14-16-27(17-15-20)18-21-10-7-9-19-8-3-4-11-22(19)21/h3-13,20H,2,14-18H2,1H3,(H,26,28). The maximum Gasteiger partial charge on any atom is 0.227 e. The number of piperidine rings is 1. The van der Waals surface area contributed by atoms with Crippen LogP contribution in [0.2, 0.25) is 0 Å². The predicted molar refractivity (Wildman–Crippen MR) is 118 cm³/mol. The van der Waals surface area contributed by atoms with E-state index >= 15 is 0 Å². The molecule has 29 heavy (non-hydrogen) atoms. The van der Waals surface area contributed by atoms with Gasteiger partial charge in [0.25, 0.3) is 0 Å². The number of nitrogens with one attached hydrogen (secondary N) is 1. The number of nitrogens with zero attached hydrogens (tertiary/aromatic N) is 1. The molecular weight excluding hydrogens is 360 g/mol. The van der Waals surface area contributed by atoms with E-state index < -0.39 is 0 Å². The first kappa shape index (κ1) is 19.5. The number of benzene rings is 3. The van der Waals surface area contributed by atoms with Gasteiger partial charge < -0.3 is 10.1 Å². The number of amides is 1. The van der Waals surface area contributed by atoms with Gasteiger partial charge in [-0.25, -0.2) is 0 Å². The summed E-state index contributed by atoms with van der Waals surface area (Å²) in [5, 5.41) is 5.68. The number of carbonyl (C=O) groups excluding carboxylic acids is 1. The van der Waals surface area contributed by atoms with E-state index in [1.807, 2.05) is 31.2 Å². The zero-order valence-electron chi connectivity index (χ0n) is 16.9. The molecule has 4 heteroatoms. The highest BCUT2D eigenvalue weighted by atomic mass is 16.5. The summed E-state index contributed by atoms with van der Waals surface area (Å²) in [6.07, 6.45) is 1.76. The lowest BCUT2D eigenvalue weighted by Crippen LogP contribution is -2.37. The SMILES string of the molecule is CCOc1ccccc1NC(=O)C1CCN(Cc2cccc3ccccc23)CC1. The van der Waals surface area contributed by atoms with Crippen molar-refractivity contribution in [3.63, 3.8) is 0 Å². The molecule has 0 unspecified atom stereocenters. The van der Waals surface area contributed by atoms with Crippen LogP contribution >= 0.6 is 0 Å². The number of carbonyl (C=O) groups is 1. The van der Waals surface area contributed by atoms with E-state index in [0.29, 0.717) is 6.61 Å². The molecule has 0 bridgehead atoms. The normalized spacial score (nSPS) is 15.3. The lowest BCUT2D eigenvalue weighted by Gasteiger charge is -2.31. The minimum atomic E-state index is 0.0495. The van der Waals surface area contributed by atoms with Gasteiger partial charge in [0.2, 0.25) is 5.91 Å². The molecule has 0 spiro atoms. The number of likely N-dealkylation sites (tertiary alicyclic amines) is 1. The summed E-state index contributed by atoms with van der Waals surface area (Å²) in [5.41, 5.74) is 2.12. The smallest absolute Gasteiger partial charge is 0.227 e. The second kappa shape index (κ2) is 9.10. The molecule has 1 heterocycles. The summed E-state index contributed by atoms with van der Waals surface area (Å²) in [6, 6.07) is 22.7. The molecule has 0 aliphatic carbocycles. The van der Waals surface area contributed by atoms with Gasteiger partial charge in [0.15, 0.2) is 0 Å². The van der Waals surface area contributed by atoms with Crippen LogP contribution < -0.4 is 10.1 Å². The Balaban J connectivity index is 1.35. The van der Waals surface area contributed by atoms with Crippen molar-refractivity contribution in [3.8, 4) is 5.75 Å². The molecule has 4 rings (SSSR count). The Bertz CT molecular complexity index is 972. The molecule has 1 saturated heterocycles. The van der Waals surface area contributed by atoms with Gasteiger partial charge in [-0.15, -0.1) is 0 Å². The fraction of sp³-hybridized carbons (Fsp3) is 0.320. The second-order valence-electron chi connectivity index (χ2n) is 7.61. The van der Waals surface area contributed by atoms with Crippen molar-refractivity contribution >= 4 is 22.4 Å². The number of rotatable bonds is 6. The number of hydrogen-bond donors (Lipinski definition) is 1. The van der Waals surface area contributed by atoms with Gasteiger partial charge in [0, 0.05) is 12.5 Å². The monoisotopic (exact) mass is 388 g/mol. The van der Waals surface area contributed by atoms with Crippen LogP contribution in [0, 0.1) is 5.92 Å². The van der Waals surface area contributed by atoms with Crippen LogP contribution in [0.5, 0.6) is 5.75 Å². The summed E-state index contributed by atoms with van der Waals surface area (Å²) in [5.74, 6) is 0.882. The minimum Gasteiger partial charge on any atom is -0.492 e. The van der Waals surface area contributed by atoms with E-state index in [9.17, 15) is 4.79 Å². The second-order valence-corrected chi connectivity index (χ2v) is 7.61. The minimum absolute atomic E-state index is 0.0495. The highest BCUT2D eigenvalue weighted by Gasteiger charge is 2.25. The summed E-state index contributed by atoms with van der Waals surface area (Å²) in [6.45, 7) is 5.34. The highest BCUT2D eigenvalue weighted by molar-refractivity contribution is 5.94. The van der Waals surface area contributed by atoms with Gasteiger partial charge in [0.05, 0.1) is 12.3 Å². The summed E-state index contributed by atoms with van der Waals surface area (Å²) < 4.78 is 5.62. The zero-order chi connectivity index (χ0) is 20.1. The van der Waals surface area contributed by atoms with Crippen molar-refractivity contribution in [2.24, 2.45) is 5.92 Å². The van der Waals surface area contributed by atoms with Crippen LogP contribution in [-0.4, -0.2) is 30.5 Å². The Morgan fingerprint density at radius 3 is 2.55 bits per heavy atom. The Morgan fingerprint density at radius 2 is 1.72 bits per heavy atom. The van der Waals surface area contributed by atoms with Crippen molar-refractivity contribution in [2.75, 3.05) is 25.0 Å². The molecule has 150 valence electrons. The van der Waals surface area contributed by atoms with Crippen molar-refractivity contribution in [1.29, 1.82) is 0 Å². The van der Waals surface area contributed by atoms with Crippen LogP contribution in [0.4, 0.5) is 5.69 Å². The topological polar surface area (TPSA) is 41.6 Å². The highest BCUT2D eigenvalue weighted by Crippen LogP contribution is 2.27. The molecule has 3 aromatic carbocycles. The van der Waals surface area contributed by atoms with Gasteiger partial charge in [0.1, 0.15) is 5.75 Å². The fourth-order valence-electron chi connectivity index (χ4n) is 4.11. The van der Waals surface area contributed by atoms with E-state index in [0.717, 1.165) is 43.9 Å². The largest absolute Gasteiger partial charge is 0.492 e. The van der Waals surface area contributed by atoms with E-state index in [1.54, 1.807) is 0 Å². The molecule has 0 aromatic heterocycles. The van der Waals surface area contributed by atoms with Crippen LogP contribution in [0.25, 0.3) is 10.8 Å². The van der Waals surface area contributed by atoms with Gasteiger partial charge >= 0.3 is 0 Å². The quantitative estimate of drug-likeness (QED) is 0.640. The number of para-hydroxylation sites is 2. The molecule has 1 aliphatic rings. The Labute approximate surface area is 172 Å². The number of fused-ring (bicyclic) bond motifs is 1. The summed E-state index contributed by atoms with van der Waals surface area (Å²) in [4.78, 5) is 15.2. The van der Waals surface area contributed by atoms with Gasteiger partial charge in [-0.1, -0.05) is 54.6 Å².